The average Bonchev–Trinajstić information content (AvgIpc) is 2.61. The molecule has 1 heterocycles. The summed E-state index contributed by atoms with van der Waals surface area (Å²) in [7, 11) is 0. The second-order valence-corrected chi connectivity index (χ2v) is 3.70. The summed E-state index contributed by atoms with van der Waals surface area (Å²) < 4.78 is 4.69. The molecule has 0 aromatic carbocycles. The molecule has 0 saturated carbocycles. The molecule has 0 aliphatic heterocycles. The van der Waals surface area contributed by atoms with Crippen LogP contribution in [0.5, 0.6) is 0 Å². The first-order valence-electron chi connectivity index (χ1n) is 4.61. The molecule has 0 unspecified atom stereocenters. The molecule has 0 spiro atoms. The van der Waals surface area contributed by atoms with Gasteiger partial charge in [0.05, 0.1) is 12.2 Å². The lowest BCUT2D eigenvalue weighted by molar-refractivity contribution is -0.141. The highest BCUT2D eigenvalue weighted by Crippen LogP contribution is 2.12. The van der Waals surface area contributed by atoms with E-state index in [1.165, 1.54) is 11.3 Å². The van der Waals surface area contributed by atoms with Gasteiger partial charge in [-0.15, -0.1) is 0 Å². The van der Waals surface area contributed by atoms with Crippen LogP contribution in [0.4, 0.5) is 0 Å². The minimum absolute atomic E-state index is 0.0814. The first-order chi connectivity index (χ1) is 7.15. The van der Waals surface area contributed by atoms with Crippen molar-refractivity contribution in [1.82, 2.24) is 5.32 Å². The summed E-state index contributed by atoms with van der Waals surface area (Å²) in [5, 5.41) is 6.15. The Kier molecular flexibility index (Phi) is 4.30. The quantitative estimate of drug-likeness (QED) is 0.790. The molecule has 4 nitrogen and oxygen atoms in total. The van der Waals surface area contributed by atoms with E-state index in [9.17, 15) is 9.59 Å². The third-order valence-electron chi connectivity index (χ3n) is 1.80. The van der Waals surface area contributed by atoms with Gasteiger partial charge in [0.1, 0.15) is 6.54 Å². The molecule has 0 aliphatic carbocycles. The third-order valence-corrected chi connectivity index (χ3v) is 2.66. The topological polar surface area (TPSA) is 55.4 Å². The Bertz CT molecular complexity index is 359. The summed E-state index contributed by atoms with van der Waals surface area (Å²) in [6.45, 7) is 3.83. The lowest BCUT2D eigenvalue weighted by Crippen LogP contribution is -2.30. The molecule has 1 rings (SSSR count). The van der Waals surface area contributed by atoms with Crippen LogP contribution in [0, 0.1) is 6.92 Å². The Morgan fingerprint density at radius 3 is 2.73 bits per heavy atom. The monoisotopic (exact) mass is 227 g/mol. The molecule has 0 radical (unpaired) electrons. The van der Waals surface area contributed by atoms with Crippen molar-refractivity contribution in [3.05, 3.63) is 21.9 Å². The molecule has 0 saturated heterocycles. The fourth-order valence-corrected chi connectivity index (χ4v) is 1.88. The maximum Gasteiger partial charge on any atom is 0.325 e. The lowest BCUT2D eigenvalue weighted by Gasteiger charge is -2.04. The van der Waals surface area contributed by atoms with Crippen molar-refractivity contribution in [1.29, 1.82) is 0 Å². The van der Waals surface area contributed by atoms with Crippen LogP contribution in [0.3, 0.4) is 0 Å². The average molecular weight is 227 g/mol. The summed E-state index contributed by atoms with van der Waals surface area (Å²) >= 11 is 1.46. The van der Waals surface area contributed by atoms with Crippen LogP contribution < -0.4 is 5.32 Å². The van der Waals surface area contributed by atoms with Crippen LogP contribution in [0.2, 0.25) is 0 Å². The van der Waals surface area contributed by atoms with Crippen LogP contribution in [-0.2, 0) is 9.53 Å². The number of carbonyl (C=O) groups excluding carboxylic acids is 2. The van der Waals surface area contributed by atoms with Gasteiger partial charge in [0.15, 0.2) is 0 Å². The predicted molar refractivity (Wildman–Crippen MR) is 58.0 cm³/mol. The van der Waals surface area contributed by atoms with E-state index in [4.69, 9.17) is 0 Å². The summed E-state index contributed by atoms with van der Waals surface area (Å²) in [4.78, 5) is 22.5. The number of thiophene rings is 1. The second kappa shape index (κ2) is 5.50. The molecule has 0 bridgehead atoms. The Balaban J connectivity index is 2.44. The van der Waals surface area contributed by atoms with Crippen LogP contribution in [0.15, 0.2) is 10.8 Å². The van der Waals surface area contributed by atoms with E-state index < -0.39 is 5.97 Å². The molecule has 15 heavy (non-hydrogen) atoms. The first-order valence-corrected chi connectivity index (χ1v) is 5.56. The van der Waals surface area contributed by atoms with Crippen LogP contribution in [0.1, 0.15) is 22.8 Å². The van der Waals surface area contributed by atoms with E-state index in [0.717, 1.165) is 5.56 Å². The number of carbonyl (C=O) groups is 2. The Labute approximate surface area is 92.2 Å². The highest BCUT2D eigenvalue weighted by atomic mass is 32.1. The summed E-state index contributed by atoms with van der Waals surface area (Å²) in [5.41, 5.74) is 1.53. The van der Waals surface area contributed by atoms with Gasteiger partial charge in [0, 0.05) is 5.38 Å². The number of hydrogen-bond donors (Lipinski definition) is 1. The number of rotatable bonds is 4. The van der Waals surface area contributed by atoms with Crippen molar-refractivity contribution in [2.45, 2.75) is 13.8 Å². The molecule has 0 fully saturated rings. The smallest absolute Gasteiger partial charge is 0.325 e. The SMILES string of the molecule is CCOC(=O)CNC(=O)c1cscc1C. The maximum absolute atomic E-state index is 11.5. The molecule has 82 valence electrons. The van der Waals surface area contributed by atoms with E-state index in [2.05, 4.69) is 10.1 Å². The van der Waals surface area contributed by atoms with Gasteiger partial charge in [-0.1, -0.05) is 0 Å². The zero-order chi connectivity index (χ0) is 11.3. The number of esters is 1. The van der Waals surface area contributed by atoms with Gasteiger partial charge in [0.25, 0.3) is 5.91 Å². The predicted octanol–water partition coefficient (Wildman–Crippen LogP) is 1.35. The number of nitrogens with one attached hydrogen (secondary N) is 1. The third kappa shape index (κ3) is 3.36. The number of ether oxygens (including phenoxy) is 1. The number of aryl methyl sites for hydroxylation is 1. The molecule has 1 N–H and O–H groups in total. The molecule has 1 amide bonds. The van der Waals surface area contributed by atoms with E-state index >= 15 is 0 Å². The van der Waals surface area contributed by atoms with Gasteiger partial charge < -0.3 is 10.1 Å². The zero-order valence-corrected chi connectivity index (χ0v) is 9.52. The lowest BCUT2D eigenvalue weighted by atomic mass is 10.2. The zero-order valence-electron chi connectivity index (χ0n) is 8.70. The van der Waals surface area contributed by atoms with Gasteiger partial charge in [-0.05, 0) is 24.8 Å². The molecular weight excluding hydrogens is 214 g/mol. The van der Waals surface area contributed by atoms with Gasteiger partial charge in [-0.2, -0.15) is 11.3 Å². The van der Waals surface area contributed by atoms with Gasteiger partial charge in [-0.3, -0.25) is 9.59 Å². The Morgan fingerprint density at radius 2 is 2.20 bits per heavy atom. The number of amides is 1. The van der Waals surface area contributed by atoms with Gasteiger partial charge in [-0.25, -0.2) is 0 Å². The minimum atomic E-state index is -0.418. The van der Waals surface area contributed by atoms with Crippen molar-refractivity contribution in [2.75, 3.05) is 13.2 Å². The largest absolute Gasteiger partial charge is 0.465 e. The van der Waals surface area contributed by atoms with Crippen LogP contribution in [-0.4, -0.2) is 25.0 Å². The highest BCUT2D eigenvalue weighted by Gasteiger charge is 2.11. The molecule has 1 aromatic heterocycles. The normalized spacial score (nSPS) is 9.73. The standard InChI is InChI=1S/C10H13NO3S/c1-3-14-9(12)4-11-10(13)8-6-15-5-7(8)2/h5-6H,3-4H2,1-2H3,(H,11,13). The fourth-order valence-electron chi connectivity index (χ4n) is 1.05. The summed E-state index contributed by atoms with van der Waals surface area (Å²) in [6.07, 6.45) is 0. The van der Waals surface area contributed by atoms with E-state index in [-0.39, 0.29) is 12.5 Å². The molecule has 1 aromatic rings. The minimum Gasteiger partial charge on any atom is -0.465 e. The van der Waals surface area contributed by atoms with Crippen molar-refractivity contribution in [3.63, 3.8) is 0 Å². The highest BCUT2D eigenvalue weighted by molar-refractivity contribution is 7.08. The van der Waals surface area contributed by atoms with E-state index in [1.807, 2.05) is 12.3 Å². The van der Waals surface area contributed by atoms with E-state index in [0.29, 0.717) is 12.2 Å². The number of hydrogen-bond acceptors (Lipinski definition) is 4. The van der Waals surface area contributed by atoms with Crippen LogP contribution in [0.25, 0.3) is 0 Å². The summed E-state index contributed by atoms with van der Waals surface area (Å²) in [6, 6.07) is 0. The maximum atomic E-state index is 11.5. The fraction of sp³-hybridized carbons (Fsp3) is 0.400. The van der Waals surface area contributed by atoms with Crippen molar-refractivity contribution in [3.8, 4) is 0 Å². The molecule has 0 atom stereocenters. The molecular formula is C10H13NO3S. The molecule has 5 heteroatoms. The van der Waals surface area contributed by atoms with Crippen molar-refractivity contribution < 1.29 is 14.3 Å². The van der Waals surface area contributed by atoms with E-state index in [1.54, 1.807) is 12.3 Å². The van der Waals surface area contributed by atoms with Crippen molar-refractivity contribution in [2.24, 2.45) is 0 Å². The second-order valence-electron chi connectivity index (χ2n) is 2.96. The van der Waals surface area contributed by atoms with Gasteiger partial charge >= 0.3 is 5.97 Å². The summed E-state index contributed by atoms with van der Waals surface area (Å²) in [5.74, 6) is -0.652. The van der Waals surface area contributed by atoms with Crippen LogP contribution >= 0.6 is 11.3 Å². The Hall–Kier alpha value is -1.36. The first kappa shape index (κ1) is 11.7. The molecule has 0 aliphatic rings. The van der Waals surface area contributed by atoms with Crippen molar-refractivity contribution >= 4 is 23.2 Å². The van der Waals surface area contributed by atoms with Gasteiger partial charge in [0.2, 0.25) is 0 Å². The Morgan fingerprint density at radius 1 is 1.47 bits per heavy atom.